The first-order valence-electron chi connectivity index (χ1n) is 9.07. The molecule has 1 atom stereocenters. The standard InChI is InChI=1S/C17H36O4S.Na/c1-2-3-4-5-6-7-8-9-10-11-12-13-14-17(18)15-16-22(19,20)21;/h17-18H,2-16H2,1H3,(H,19,20,21);/q;+1/p-1. The zero-order valence-electron chi connectivity index (χ0n) is 15.3. The Bertz CT molecular complexity index is 333. The Morgan fingerprint density at radius 1 is 0.783 bits per heavy atom. The maximum atomic E-state index is 10.4. The van der Waals surface area contributed by atoms with Crippen LogP contribution >= 0.6 is 0 Å². The van der Waals surface area contributed by atoms with Gasteiger partial charge in [-0.3, -0.25) is 0 Å². The smallest absolute Gasteiger partial charge is 0.748 e. The van der Waals surface area contributed by atoms with Crippen molar-refractivity contribution in [2.24, 2.45) is 0 Å². The summed E-state index contributed by atoms with van der Waals surface area (Å²) in [6, 6.07) is 0. The molecule has 4 nitrogen and oxygen atoms in total. The topological polar surface area (TPSA) is 77.4 Å². The Labute approximate surface area is 165 Å². The van der Waals surface area contributed by atoms with Gasteiger partial charge in [0.1, 0.15) is 0 Å². The summed E-state index contributed by atoms with van der Waals surface area (Å²) in [5.41, 5.74) is 0. The van der Waals surface area contributed by atoms with Gasteiger partial charge in [0.15, 0.2) is 0 Å². The third-order valence-electron chi connectivity index (χ3n) is 4.09. The van der Waals surface area contributed by atoms with Crippen molar-refractivity contribution in [1.82, 2.24) is 0 Å². The van der Waals surface area contributed by atoms with Crippen molar-refractivity contribution >= 4 is 10.1 Å². The Balaban J connectivity index is 0. The second-order valence-electron chi connectivity index (χ2n) is 6.38. The monoisotopic (exact) mass is 358 g/mol. The summed E-state index contributed by atoms with van der Waals surface area (Å²) in [5.74, 6) is -0.452. The van der Waals surface area contributed by atoms with Gasteiger partial charge < -0.3 is 9.66 Å². The van der Waals surface area contributed by atoms with Crippen LogP contribution < -0.4 is 29.6 Å². The fourth-order valence-electron chi connectivity index (χ4n) is 2.65. The molecule has 0 saturated heterocycles. The van der Waals surface area contributed by atoms with Gasteiger partial charge in [-0.25, -0.2) is 8.42 Å². The molecule has 0 spiro atoms. The summed E-state index contributed by atoms with van der Waals surface area (Å²) in [5, 5.41) is 9.57. The van der Waals surface area contributed by atoms with Gasteiger partial charge in [0, 0.05) is 5.75 Å². The van der Waals surface area contributed by atoms with Crippen LogP contribution in [0.3, 0.4) is 0 Å². The molecule has 0 aliphatic carbocycles. The summed E-state index contributed by atoms with van der Waals surface area (Å²) < 4.78 is 31.3. The van der Waals surface area contributed by atoms with Gasteiger partial charge in [-0.05, 0) is 12.8 Å². The van der Waals surface area contributed by atoms with E-state index in [0.717, 1.165) is 12.8 Å². The molecule has 0 saturated carbocycles. The quantitative estimate of drug-likeness (QED) is 0.257. The number of aliphatic hydroxyl groups excluding tert-OH is 1. The van der Waals surface area contributed by atoms with Crippen molar-refractivity contribution in [3.8, 4) is 0 Å². The third kappa shape index (κ3) is 22.9. The molecule has 1 unspecified atom stereocenters. The van der Waals surface area contributed by atoms with Gasteiger partial charge in [0.05, 0.1) is 16.2 Å². The van der Waals surface area contributed by atoms with Crippen molar-refractivity contribution < 1.29 is 47.6 Å². The van der Waals surface area contributed by atoms with Gasteiger partial charge in [0.25, 0.3) is 0 Å². The summed E-state index contributed by atoms with van der Waals surface area (Å²) in [7, 11) is -4.18. The first-order valence-corrected chi connectivity index (χ1v) is 10.6. The van der Waals surface area contributed by atoms with Gasteiger partial charge in [-0.2, -0.15) is 0 Å². The predicted octanol–water partition coefficient (Wildman–Crippen LogP) is 1.38. The number of aliphatic hydroxyl groups is 1. The van der Waals surface area contributed by atoms with E-state index in [9.17, 15) is 18.1 Å². The van der Waals surface area contributed by atoms with Crippen LogP contribution in [0.5, 0.6) is 0 Å². The van der Waals surface area contributed by atoms with E-state index in [-0.39, 0.29) is 36.0 Å². The molecule has 0 radical (unpaired) electrons. The Morgan fingerprint density at radius 2 is 1.17 bits per heavy atom. The second-order valence-corrected chi connectivity index (χ2v) is 7.91. The zero-order chi connectivity index (χ0) is 16.7. The van der Waals surface area contributed by atoms with E-state index in [0.29, 0.717) is 6.42 Å². The molecular weight excluding hydrogens is 323 g/mol. The van der Waals surface area contributed by atoms with Crippen molar-refractivity contribution in [3.05, 3.63) is 0 Å². The van der Waals surface area contributed by atoms with E-state index >= 15 is 0 Å². The molecule has 6 heteroatoms. The Kier molecular flexibility index (Phi) is 20.1. The summed E-state index contributed by atoms with van der Waals surface area (Å²) in [4.78, 5) is 0. The number of rotatable bonds is 16. The van der Waals surface area contributed by atoms with Gasteiger partial charge in [0.2, 0.25) is 0 Å². The van der Waals surface area contributed by atoms with Crippen LogP contribution in [0.4, 0.5) is 0 Å². The molecule has 0 fully saturated rings. The van der Waals surface area contributed by atoms with Crippen LogP contribution in [0, 0.1) is 0 Å². The van der Waals surface area contributed by atoms with Crippen LogP contribution in [-0.2, 0) is 10.1 Å². The fourth-order valence-corrected chi connectivity index (χ4v) is 3.21. The molecule has 0 aliphatic heterocycles. The molecule has 23 heavy (non-hydrogen) atoms. The SMILES string of the molecule is CCCCCCCCCCCCCCC(O)CCS(=O)(=O)[O-].[Na+]. The molecule has 0 aromatic heterocycles. The summed E-state index contributed by atoms with van der Waals surface area (Å²) >= 11 is 0. The average Bonchev–Trinajstić information content (AvgIpc) is 2.45. The average molecular weight is 359 g/mol. The molecule has 1 N–H and O–H groups in total. The predicted molar refractivity (Wildman–Crippen MR) is 90.9 cm³/mol. The molecular formula is C17H35NaO4S. The number of unbranched alkanes of at least 4 members (excludes halogenated alkanes) is 11. The normalized spacial score (nSPS) is 12.8. The maximum Gasteiger partial charge on any atom is 1.00 e. The van der Waals surface area contributed by atoms with Crippen LogP contribution in [0.25, 0.3) is 0 Å². The summed E-state index contributed by atoms with van der Waals surface area (Å²) in [6.45, 7) is 2.24. The van der Waals surface area contributed by atoms with Crippen LogP contribution in [-0.4, -0.2) is 29.9 Å². The summed E-state index contributed by atoms with van der Waals surface area (Å²) in [6.07, 6.45) is 15.2. The first-order chi connectivity index (χ1) is 10.5. The molecule has 0 aliphatic rings. The Morgan fingerprint density at radius 3 is 1.57 bits per heavy atom. The minimum atomic E-state index is -4.18. The minimum Gasteiger partial charge on any atom is -0.748 e. The first kappa shape index (κ1) is 26.1. The largest absolute Gasteiger partial charge is 1.00 e. The fraction of sp³-hybridized carbons (Fsp3) is 1.00. The van der Waals surface area contributed by atoms with Crippen LogP contribution in [0.1, 0.15) is 96.8 Å². The minimum absolute atomic E-state index is 0. The number of hydrogen-bond acceptors (Lipinski definition) is 4. The van der Waals surface area contributed by atoms with Crippen LogP contribution in [0.15, 0.2) is 0 Å². The zero-order valence-corrected chi connectivity index (χ0v) is 18.1. The van der Waals surface area contributed by atoms with E-state index in [1.54, 1.807) is 0 Å². The van der Waals surface area contributed by atoms with E-state index in [4.69, 9.17) is 0 Å². The molecule has 0 aromatic carbocycles. The van der Waals surface area contributed by atoms with Crippen molar-refractivity contribution in [2.45, 2.75) is 103 Å². The van der Waals surface area contributed by atoms with Gasteiger partial charge >= 0.3 is 29.6 Å². The van der Waals surface area contributed by atoms with E-state index in [1.165, 1.54) is 64.2 Å². The maximum absolute atomic E-state index is 10.4. The van der Waals surface area contributed by atoms with E-state index in [1.807, 2.05) is 0 Å². The number of hydrogen-bond donors (Lipinski definition) is 1. The van der Waals surface area contributed by atoms with E-state index < -0.39 is 22.0 Å². The Hall–Kier alpha value is 0.870. The molecule has 0 heterocycles. The van der Waals surface area contributed by atoms with E-state index in [2.05, 4.69) is 6.92 Å². The molecule has 0 amide bonds. The van der Waals surface area contributed by atoms with Crippen molar-refractivity contribution in [2.75, 3.05) is 5.75 Å². The van der Waals surface area contributed by atoms with Gasteiger partial charge in [-0.1, -0.05) is 84.0 Å². The molecule has 0 bridgehead atoms. The van der Waals surface area contributed by atoms with Gasteiger partial charge in [-0.15, -0.1) is 0 Å². The third-order valence-corrected chi connectivity index (χ3v) is 4.83. The molecule has 134 valence electrons. The van der Waals surface area contributed by atoms with Crippen molar-refractivity contribution in [3.63, 3.8) is 0 Å². The van der Waals surface area contributed by atoms with Crippen LogP contribution in [0.2, 0.25) is 0 Å². The molecule has 0 aromatic rings. The molecule has 0 rings (SSSR count). The second kappa shape index (κ2) is 17.7. The van der Waals surface area contributed by atoms with Crippen molar-refractivity contribution in [1.29, 1.82) is 0 Å².